The summed E-state index contributed by atoms with van der Waals surface area (Å²) < 4.78 is 1.73. The number of para-hydroxylation sites is 1. The molecule has 0 saturated carbocycles. The molecule has 1 heterocycles. The zero-order chi connectivity index (χ0) is 17.5. The maximum absolute atomic E-state index is 12.5. The quantitative estimate of drug-likeness (QED) is 0.633. The van der Waals surface area contributed by atoms with Crippen molar-refractivity contribution >= 4 is 10.9 Å². The second kappa shape index (κ2) is 8.58. The lowest BCUT2D eigenvalue weighted by Crippen LogP contribution is -2.29. The highest BCUT2D eigenvalue weighted by atomic mass is 16.1. The fourth-order valence-electron chi connectivity index (χ4n) is 3.09. The average molecular weight is 335 g/mol. The molecule has 130 valence electrons. The Morgan fingerprint density at radius 1 is 1.00 bits per heavy atom. The number of hydrogen-bond acceptors (Lipinski definition) is 3. The van der Waals surface area contributed by atoms with E-state index in [1.807, 2.05) is 24.3 Å². The van der Waals surface area contributed by atoms with E-state index in [-0.39, 0.29) is 5.56 Å². The first-order valence-corrected chi connectivity index (χ1v) is 8.98. The predicted molar refractivity (Wildman–Crippen MR) is 103 cm³/mol. The van der Waals surface area contributed by atoms with Gasteiger partial charge in [0.1, 0.15) is 0 Å². The highest BCUT2D eigenvalue weighted by Crippen LogP contribution is 2.06. The predicted octanol–water partition coefficient (Wildman–Crippen LogP) is 3.35. The molecule has 0 atom stereocenters. The van der Waals surface area contributed by atoms with Crippen molar-refractivity contribution in [3.63, 3.8) is 0 Å². The van der Waals surface area contributed by atoms with Crippen LogP contribution in [0, 0.1) is 0 Å². The van der Waals surface area contributed by atoms with Crippen LogP contribution < -0.4 is 5.56 Å². The number of rotatable bonds is 8. The Morgan fingerprint density at radius 3 is 2.56 bits per heavy atom. The molecule has 4 heteroatoms. The molecule has 0 amide bonds. The Kier molecular flexibility index (Phi) is 5.96. The summed E-state index contributed by atoms with van der Waals surface area (Å²) in [4.78, 5) is 19.3. The number of aromatic nitrogens is 2. The molecule has 0 aliphatic carbocycles. The second-order valence-electron chi connectivity index (χ2n) is 6.28. The zero-order valence-electron chi connectivity index (χ0n) is 14.8. The molecule has 3 rings (SSSR count). The van der Waals surface area contributed by atoms with Crippen LogP contribution in [-0.4, -0.2) is 34.1 Å². The van der Waals surface area contributed by atoms with E-state index in [0.29, 0.717) is 11.9 Å². The van der Waals surface area contributed by atoms with E-state index in [4.69, 9.17) is 0 Å². The van der Waals surface area contributed by atoms with E-state index in [9.17, 15) is 4.79 Å². The summed E-state index contributed by atoms with van der Waals surface area (Å²) in [5, 5.41) is 0.696. The normalized spacial score (nSPS) is 11.3. The maximum Gasteiger partial charge on any atom is 0.261 e. The Bertz CT molecular complexity index is 858. The summed E-state index contributed by atoms with van der Waals surface area (Å²) in [6.45, 7) is 5.96. The largest absolute Gasteiger partial charge is 0.303 e. The summed E-state index contributed by atoms with van der Waals surface area (Å²) in [6, 6.07) is 18.1. The lowest BCUT2D eigenvalue weighted by Gasteiger charge is -2.20. The van der Waals surface area contributed by atoms with Gasteiger partial charge in [-0.2, -0.15) is 0 Å². The molecule has 3 aromatic rings. The van der Waals surface area contributed by atoms with E-state index in [2.05, 4.69) is 47.1 Å². The van der Waals surface area contributed by atoms with Gasteiger partial charge in [-0.3, -0.25) is 9.36 Å². The van der Waals surface area contributed by atoms with Crippen molar-refractivity contribution in [2.75, 3.05) is 19.6 Å². The average Bonchev–Trinajstić information content (AvgIpc) is 2.67. The van der Waals surface area contributed by atoms with Gasteiger partial charge in [-0.05, 0) is 43.6 Å². The van der Waals surface area contributed by atoms with Gasteiger partial charge in [-0.25, -0.2) is 4.98 Å². The van der Waals surface area contributed by atoms with Crippen molar-refractivity contribution in [1.29, 1.82) is 0 Å². The van der Waals surface area contributed by atoms with Crippen LogP contribution in [0.1, 0.15) is 18.9 Å². The topological polar surface area (TPSA) is 38.1 Å². The Labute approximate surface area is 148 Å². The molecule has 2 aromatic carbocycles. The van der Waals surface area contributed by atoms with Crippen molar-refractivity contribution in [3.05, 3.63) is 76.8 Å². The van der Waals surface area contributed by atoms with Crippen molar-refractivity contribution in [2.24, 2.45) is 0 Å². The van der Waals surface area contributed by atoms with Crippen LogP contribution in [0.3, 0.4) is 0 Å². The molecule has 4 nitrogen and oxygen atoms in total. The Hall–Kier alpha value is -2.46. The molecule has 0 saturated heterocycles. The molecular weight excluding hydrogens is 310 g/mol. The molecule has 0 radical (unpaired) electrons. The van der Waals surface area contributed by atoms with Crippen molar-refractivity contribution in [1.82, 2.24) is 14.5 Å². The van der Waals surface area contributed by atoms with Gasteiger partial charge in [-0.1, -0.05) is 49.4 Å². The SMILES string of the molecule is CCN(CCCn1cnc2ccccc2c1=O)CCc1ccccc1. The number of likely N-dealkylation sites (N-methyl/N-ethyl adjacent to an activating group) is 1. The first kappa shape index (κ1) is 17.4. The monoisotopic (exact) mass is 335 g/mol. The molecule has 1 aromatic heterocycles. The molecule has 25 heavy (non-hydrogen) atoms. The van der Waals surface area contributed by atoms with Crippen molar-refractivity contribution < 1.29 is 0 Å². The zero-order valence-corrected chi connectivity index (χ0v) is 14.8. The van der Waals surface area contributed by atoms with Crippen molar-refractivity contribution in [2.45, 2.75) is 26.3 Å². The minimum Gasteiger partial charge on any atom is -0.303 e. The minimum atomic E-state index is 0.0536. The first-order chi connectivity index (χ1) is 12.3. The van der Waals surface area contributed by atoms with E-state index >= 15 is 0 Å². The van der Waals surface area contributed by atoms with Crippen LogP contribution in [0.15, 0.2) is 65.7 Å². The van der Waals surface area contributed by atoms with E-state index < -0.39 is 0 Å². The Morgan fingerprint density at radius 2 is 1.76 bits per heavy atom. The van der Waals surface area contributed by atoms with Gasteiger partial charge in [0.25, 0.3) is 5.56 Å². The van der Waals surface area contributed by atoms with Gasteiger partial charge in [0.15, 0.2) is 0 Å². The minimum absolute atomic E-state index is 0.0536. The summed E-state index contributed by atoms with van der Waals surface area (Å²) in [5.74, 6) is 0. The fraction of sp³-hybridized carbons (Fsp3) is 0.333. The van der Waals surface area contributed by atoms with E-state index in [1.165, 1.54) is 5.56 Å². The van der Waals surface area contributed by atoms with Crippen molar-refractivity contribution in [3.8, 4) is 0 Å². The Balaban J connectivity index is 1.54. The van der Waals surface area contributed by atoms with Gasteiger partial charge < -0.3 is 4.90 Å². The summed E-state index contributed by atoms with van der Waals surface area (Å²) >= 11 is 0. The molecular formula is C21H25N3O. The van der Waals surface area contributed by atoms with Gasteiger partial charge in [0.2, 0.25) is 0 Å². The van der Waals surface area contributed by atoms with Gasteiger partial charge >= 0.3 is 0 Å². The number of fused-ring (bicyclic) bond motifs is 1. The molecule has 0 aliphatic heterocycles. The van der Waals surface area contributed by atoms with Crippen LogP contribution in [0.25, 0.3) is 10.9 Å². The van der Waals surface area contributed by atoms with Gasteiger partial charge in [-0.15, -0.1) is 0 Å². The summed E-state index contributed by atoms with van der Waals surface area (Å²) in [7, 11) is 0. The number of hydrogen-bond donors (Lipinski definition) is 0. The first-order valence-electron chi connectivity index (χ1n) is 8.98. The molecule has 0 unspecified atom stereocenters. The van der Waals surface area contributed by atoms with E-state index in [1.54, 1.807) is 10.9 Å². The van der Waals surface area contributed by atoms with Crippen LogP contribution in [-0.2, 0) is 13.0 Å². The van der Waals surface area contributed by atoms with Gasteiger partial charge in [0.05, 0.1) is 17.2 Å². The summed E-state index contributed by atoms with van der Waals surface area (Å²) in [5.41, 5.74) is 2.19. The van der Waals surface area contributed by atoms with E-state index in [0.717, 1.165) is 38.0 Å². The number of aryl methyl sites for hydroxylation is 1. The second-order valence-corrected chi connectivity index (χ2v) is 6.28. The highest BCUT2D eigenvalue weighted by Gasteiger charge is 2.06. The molecule has 0 fully saturated rings. The molecule has 0 N–H and O–H groups in total. The third-order valence-electron chi connectivity index (χ3n) is 4.61. The van der Waals surface area contributed by atoms with Crippen LogP contribution in [0.4, 0.5) is 0 Å². The van der Waals surface area contributed by atoms with Crippen LogP contribution in [0.2, 0.25) is 0 Å². The third-order valence-corrected chi connectivity index (χ3v) is 4.61. The summed E-state index contributed by atoms with van der Waals surface area (Å²) in [6.07, 6.45) is 3.68. The van der Waals surface area contributed by atoms with Gasteiger partial charge in [0, 0.05) is 13.1 Å². The molecule has 0 aliphatic rings. The number of benzene rings is 2. The van der Waals surface area contributed by atoms with Crippen LogP contribution >= 0.6 is 0 Å². The standard InChI is InChI=1S/C21H25N3O/c1-2-23(16-13-18-9-4-3-5-10-18)14-8-15-24-17-22-20-12-7-6-11-19(20)21(24)25/h3-7,9-12,17H,2,8,13-16H2,1H3. The highest BCUT2D eigenvalue weighted by molar-refractivity contribution is 5.76. The molecule has 0 spiro atoms. The maximum atomic E-state index is 12.5. The number of nitrogens with zero attached hydrogens (tertiary/aromatic N) is 3. The third kappa shape index (κ3) is 4.54. The fourth-order valence-corrected chi connectivity index (χ4v) is 3.09. The van der Waals surface area contributed by atoms with Crippen LogP contribution in [0.5, 0.6) is 0 Å². The lowest BCUT2D eigenvalue weighted by molar-refractivity contribution is 0.281. The smallest absolute Gasteiger partial charge is 0.261 e. The molecule has 0 bridgehead atoms. The lowest BCUT2D eigenvalue weighted by atomic mass is 10.1.